The Bertz CT molecular complexity index is 687. The fraction of sp³-hybridized carbons (Fsp3) is 0.357. The second kappa shape index (κ2) is 6.70. The molecule has 1 aromatic heterocycles. The van der Waals surface area contributed by atoms with Crippen LogP contribution in [-0.2, 0) is 29.5 Å². The Morgan fingerprint density at radius 3 is 2.71 bits per heavy atom. The Morgan fingerprint density at radius 1 is 1.43 bits per heavy atom. The highest BCUT2D eigenvalue weighted by atomic mass is 79.9. The highest BCUT2D eigenvalue weighted by molar-refractivity contribution is 9.10. The molecule has 2 N–H and O–H groups in total. The number of hydrogen-bond acceptors (Lipinski definition) is 3. The molecule has 0 radical (unpaired) electrons. The first-order chi connectivity index (χ1) is 9.97. The molecule has 4 nitrogen and oxygen atoms in total. The summed E-state index contributed by atoms with van der Waals surface area (Å²) in [7, 11) is -1.35. The zero-order valence-electron chi connectivity index (χ0n) is 11.9. The molecule has 1 atom stereocenters. The van der Waals surface area contributed by atoms with E-state index in [1.54, 1.807) is 0 Å². The number of nitrogens with zero attached hydrogens (tertiary/aromatic N) is 2. The lowest BCUT2D eigenvalue weighted by atomic mass is 10.3. The summed E-state index contributed by atoms with van der Waals surface area (Å²) in [5.74, 6) is -0.140. The summed E-state index contributed by atoms with van der Waals surface area (Å²) < 4.78 is 28.3. The van der Waals surface area contributed by atoms with Gasteiger partial charge in [-0.1, -0.05) is 6.92 Å². The van der Waals surface area contributed by atoms with Gasteiger partial charge in [0.25, 0.3) is 0 Å². The molecule has 0 aliphatic carbocycles. The van der Waals surface area contributed by atoms with Crippen LogP contribution in [0.15, 0.2) is 27.6 Å². The maximum absolute atomic E-state index is 13.1. The standard InChI is InChI=1S/C14H17BrFN3OS/c1-3-11-14(15)12(19(4-2)18-11)8-21(20)13-6-5-9(16)7-10(13)17/h5-7H,3-4,8,17H2,1-2H3. The van der Waals surface area contributed by atoms with E-state index in [0.29, 0.717) is 11.4 Å². The smallest absolute Gasteiger partial charge is 0.125 e. The lowest BCUT2D eigenvalue weighted by Gasteiger charge is -2.08. The lowest BCUT2D eigenvalue weighted by Crippen LogP contribution is -2.08. The average Bonchev–Trinajstić information content (AvgIpc) is 2.75. The summed E-state index contributed by atoms with van der Waals surface area (Å²) in [6, 6.07) is 3.94. The number of aromatic nitrogens is 2. The second-order valence-electron chi connectivity index (χ2n) is 4.55. The number of rotatable bonds is 5. The summed E-state index contributed by atoms with van der Waals surface area (Å²) in [4.78, 5) is 0.449. The molecule has 7 heteroatoms. The van der Waals surface area contributed by atoms with E-state index in [1.807, 2.05) is 18.5 Å². The van der Waals surface area contributed by atoms with E-state index in [-0.39, 0.29) is 11.4 Å². The van der Waals surface area contributed by atoms with Crippen molar-refractivity contribution in [2.75, 3.05) is 5.73 Å². The Hall–Kier alpha value is -1.21. The number of halogens is 2. The first kappa shape index (κ1) is 16.2. The third kappa shape index (κ3) is 3.35. The highest BCUT2D eigenvalue weighted by Crippen LogP contribution is 2.26. The normalized spacial score (nSPS) is 12.6. The average molecular weight is 374 g/mol. The minimum absolute atomic E-state index is 0.211. The molecular formula is C14H17BrFN3OS. The van der Waals surface area contributed by atoms with Crippen molar-refractivity contribution in [2.45, 2.75) is 37.5 Å². The van der Waals surface area contributed by atoms with Crippen molar-refractivity contribution in [3.05, 3.63) is 39.9 Å². The third-order valence-electron chi connectivity index (χ3n) is 3.18. The Kier molecular flexibility index (Phi) is 5.16. The highest BCUT2D eigenvalue weighted by Gasteiger charge is 2.18. The number of benzene rings is 1. The summed E-state index contributed by atoms with van der Waals surface area (Å²) >= 11 is 3.53. The maximum atomic E-state index is 13.1. The largest absolute Gasteiger partial charge is 0.398 e. The van der Waals surface area contributed by atoms with E-state index in [2.05, 4.69) is 21.0 Å². The quantitative estimate of drug-likeness (QED) is 0.818. The van der Waals surface area contributed by atoms with Crippen LogP contribution in [0.4, 0.5) is 10.1 Å². The number of nitrogen functional groups attached to an aromatic ring is 1. The molecule has 114 valence electrons. The molecule has 0 aliphatic rings. The van der Waals surface area contributed by atoms with Gasteiger partial charge < -0.3 is 5.73 Å². The van der Waals surface area contributed by atoms with Crippen LogP contribution in [0.3, 0.4) is 0 Å². The molecule has 0 aliphatic heterocycles. The summed E-state index contributed by atoms with van der Waals surface area (Å²) in [5.41, 5.74) is 7.77. The lowest BCUT2D eigenvalue weighted by molar-refractivity contribution is 0.622. The van der Waals surface area contributed by atoms with E-state index in [0.717, 1.165) is 22.3 Å². The predicted molar refractivity (Wildman–Crippen MR) is 85.9 cm³/mol. The molecule has 1 unspecified atom stereocenters. The third-order valence-corrected chi connectivity index (χ3v) is 5.49. The zero-order chi connectivity index (χ0) is 15.6. The van der Waals surface area contributed by atoms with Gasteiger partial charge in [0, 0.05) is 6.54 Å². The van der Waals surface area contributed by atoms with Crippen molar-refractivity contribution in [1.29, 1.82) is 0 Å². The molecule has 2 rings (SSSR count). The van der Waals surface area contributed by atoms with E-state index < -0.39 is 16.6 Å². The van der Waals surface area contributed by atoms with Crippen molar-refractivity contribution in [1.82, 2.24) is 9.78 Å². The van der Waals surface area contributed by atoms with Crippen molar-refractivity contribution >= 4 is 32.4 Å². The maximum Gasteiger partial charge on any atom is 0.125 e. The van der Waals surface area contributed by atoms with Crippen LogP contribution in [0.1, 0.15) is 25.2 Å². The van der Waals surface area contributed by atoms with Crippen LogP contribution in [0.25, 0.3) is 0 Å². The van der Waals surface area contributed by atoms with Gasteiger partial charge in [-0.25, -0.2) is 4.39 Å². The van der Waals surface area contributed by atoms with Crippen LogP contribution in [-0.4, -0.2) is 14.0 Å². The molecule has 21 heavy (non-hydrogen) atoms. The van der Waals surface area contributed by atoms with Crippen LogP contribution >= 0.6 is 15.9 Å². The minimum atomic E-state index is -1.35. The Balaban J connectivity index is 2.33. The first-order valence-corrected chi connectivity index (χ1v) is 8.76. The van der Waals surface area contributed by atoms with Gasteiger partial charge >= 0.3 is 0 Å². The van der Waals surface area contributed by atoms with Crippen LogP contribution in [0.2, 0.25) is 0 Å². The second-order valence-corrected chi connectivity index (χ2v) is 6.76. The van der Waals surface area contributed by atoms with Gasteiger partial charge in [0.15, 0.2) is 0 Å². The summed E-state index contributed by atoms with van der Waals surface area (Å²) in [6.07, 6.45) is 0.798. The SMILES string of the molecule is CCc1nn(CC)c(CS(=O)c2ccc(F)cc2N)c1Br. The number of aryl methyl sites for hydroxylation is 2. The molecule has 2 aromatic rings. The van der Waals surface area contributed by atoms with E-state index in [4.69, 9.17) is 5.73 Å². The van der Waals surface area contributed by atoms with Crippen molar-refractivity contribution < 1.29 is 8.60 Å². The zero-order valence-corrected chi connectivity index (χ0v) is 14.3. The Morgan fingerprint density at radius 2 is 2.14 bits per heavy atom. The van der Waals surface area contributed by atoms with Gasteiger partial charge in [0.1, 0.15) is 5.82 Å². The number of nitrogens with two attached hydrogens (primary N) is 1. The molecule has 1 heterocycles. The minimum Gasteiger partial charge on any atom is -0.398 e. The van der Waals surface area contributed by atoms with E-state index in [1.165, 1.54) is 18.2 Å². The molecule has 0 amide bonds. The van der Waals surface area contributed by atoms with Gasteiger partial charge in [-0.2, -0.15) is 5.10 Å². The summed E-state index contributed by atoms with van der Waals surface area (Å²) in [6.45, 7) is 4.70. The summed E-state index contributed by atoms with van der Waals surface area (Å²) in [5, 5.41) is 4.47. The van der Waals surface area contributed by atoms with Crippen LogP contribution in [0, 0.1) is 5.82 Å². The van der Waals surface area contributed by atoms with Crippen molar-refractivity contribution in [3.63, 3.8) is 0 Å². The van der Waals surface area contributed by atoms with Gasteiger partial charge in [0.05, 0.1) is 43.0 Å². The molecule has 0 fully saturated rings. The molecule has 1 aromatic carbocycles. The predicted octanol–water partition coefficient (Wildman–Crippen LogP) is 3.26. The molecule has 0 bridgehead atoms. The van der Waals surface area contributed by atoms with E-state index in [9.17, 15) is 8.60 Å². The molecule has 0 saturated heterocycles. The van der Waals surface area contributed by atoms with Gasteiger partial charge in [-0.05, 0) is 47.5 Å². The number of anilines is 1. The van der Waals surface area contributed by atoms with Crippen LogP contribution < -0.4 is 5.73 Å². The fourth-order valence-corrected chi connectivity index (χ4v) is 4.21. The Labute approximate surface area is 134 Å². The monoisotopic (exact) mass is 373 g/mol. The fourth-order valence-electron chi connectivity index (χ4n) is 2.08. The van der Waals surface area contributed by atoms with Crippen molar-refractivity contribution in [3.8, 4) is 0 Å². The number of hydrogen-bond donors (Lipinski definition) is 1. The topological polar surface area (TPSA) is 60.9 Å². The molecule has 0 saturated carbocycles. The van der Waals surface area contributed by atoms with Gasteiger partial charge in [-0.3, -0.25) is 8.89 Å². The molecular weight excluding hydrogens is 357 g/mol. The molecule has 0 spiro atoms. The first-order valence-electron chi connectivity index (χ1n) is 6.65. The van der Waals surface area contributed by atoms with Gasteiger partial charge in [0.2, 0.25) is 0 Å². The van der Waals surface area contributed by atoms with Gasteiger partial charge in [-0.15, -0.1) is 0 Å². The van der Waals surface area contributed by atoms with Crippen LogP contribution in [0.5, 0.6) is 0 Å². The van der Waals surface area contributed by atoms with E-state index >= 15 is 0 Å². The van der Waals surface area contributed by atoms with Crippen molar-refractivity contribution in [2.24, 2.45) is 0 Å².